The van der Waals surface area contributed by atoms with Crippen molar-refractivity contribution in [1.29, 1.82) is 0 Å². The summed E-state index contributed by atoms with van der Waals surface area (Å²) >= 11 is 0. The highest BCUT2D eigenvalue weighted by molar-refractivity contribution is 5.99. The molecule has 0 bridgehead atoms. The van der Waals surface area contributed by atoms with Crippen LogP contribution in [0.1, 0.15) is 23.2 Å². The first-order valence-electron chi connectivity index (χ1n) is 4.78. The van der Waals surface area contributed by atoms with Gasteiger partial charge in [-0.2, -0.15) is 0 Å². The number of aromatic nitrogens is 2. The molecule has 14 heavy (non-hydrogen) atoms. The van der Waals surface area contributed by atoms with Crippen molar-refractivity contribution in [3.63, 3.8) is 0 Å². The van der Waals surface area contributed by atoms with Gasteiger partial charge in [-0.1, -0.05) is 0 Å². The van der Waals surface area contributed by atoms with Gasteiger partial charge in [0.15, 0.2) is 5.78 Å². The maximum absolute atomic E-state index is 12.1. The number of carbonyl (C=O) groups excluding carboxylic acids is 1. The van der Waals surface area contributed by atoms with Crippen LogP contribution in [0.5, 0.6) is 0 Å². The first-order chi connectivity index (χ1) is 6.54. The second-order valence-corrected chi connectivity index (χ2v) is 4.24. The lowest BCUT2D eigenvalue weighted by molar-refractivity contribution is 0.0712. The van der Waals surface area contributed by atoms with Crippen molar-refractivity contribution in [1.82, 2.24) is 14.9 Å². The molecule has 0 spiro atoms. The second kappa shape index (κ2) is 2.92. The Labute approximate surface area is 83.3 Å². The quantitative estimate of drug-likeness (QED) is 0.697. The fourth-order valence-corrected chi connectivity index (χ4v) is 1.68. The van der Waals surface area contributed by atoms with Crippen LogP contribution >= 0.6 is 0 Å². The molecule has 4 nitrogen and oxygen atoms in total. The Balaban J connectivity index is 2.31. The maximum atomic E-state index is 12.1. The van der Waals surface area contributed by atoms with Crippen molar-refractivity contribution in [2.45, 2.75) is 13.8 Å². The maximum Gasteiger partial charge on any atom is 0.189 e. The van der Waals surface area contributed by atoms with Gasteiger partial charge in [0.05, 0.1) is 11.6 Å². The molecule has 4 heteroatoms. The third-order valence-electron chi connectivity index (χ3n) is 3.03. The number of carbonyl (C=O) groups is 1. The molecule has 0 aromatic carbocycles. The molecule has 0 atom stereocenters. The van der Waals surface area contributed by atoms with Crippen LogP contribution < -0.4 is 5.32 Å². The molecule has 0 radical (unpaired) electrons. The summed E-state index contributed by atoms with van der Waals surface area (Å²) < 4.78 is 1.85. The topological polar surface area (TPSA) is 46.9 Å². The average molecular weight is 193 g/mol. The van der Waals surface area contributed by atoms with Gasteiger partial charge in [-0.15, -0.1) is 0 Å². The lowest BCUT2D eigenvalue weighted by atomic mass is 9.78. The molecule has 2 rings (SSSR count). The number of ketones is 1. The van der Waals surface area contributed by atoms with Crippen LogP contribution in [-0.2, 0) is 7.05 Å². The number of Topliss-reactive ketones (excluding diaryl/α,β-unsaturated/α-hetero) is 1. The molecule has 1 N–H and O–H groups in total. The van der Waals surface area contributed by atoms with Crippen molar-refractivity contribution in [2.24, 2.45) is 12.5 Å². The van der Waals surface area contributed by atoms with E-state index in [1.165, 1.54) is 0 Å². The minimum atomic E-state index is -0.222. The summed E-state index contributed by atoms with van der Waals surface area (Å²) in [6.07, 6.45) is 1.67. The Morgan fingerprint density at radius 2 is 2.29 bits per heavy atom. The third-order valence-corrected chi connectivity index (χ3v) is 3.03. The fraction of sp³-hybridized carbons (Fsp3) is 0.600. The molecular formula is C10H15N3O. The van der Waals surface area contributed by atoms with Crippen LogP contribution in [0.15, 0.2) is 6.20 Å². The van der Waals surface area contributed by atoms with E-state index in [0.29, 0.717) is 5.69 Å². The predicted molar refractivity (Wildman–Crippen MR) is 53.3 cm³/mol. The van der Waals surface area contributed by atoms with Crippen molar-refractivity contribution >= 4 is 5.78 Å². The van der Waals surface area contributed by atoms with Gasteiger partial charge in [-0.05, 0) is 13.8 Å². The van der Waals surface area contributed by atoms with Crippen LogP contribution in [0.3, 0.4) is 0 Å². The molecular weight excluding hydrogens is 178 g/mol. The van der Waals surface area contributed by atoms with Gasteiger partial charge < -0.3 is 9.88 Å². The van der Waals surface area contributed by atoms with E-state index in [1.54, 1.807) is 6.20 Å². The van der Waals surface area contributed by atoms with Gasteiger partial charge in [0.1, 0.15) is 11.5 Å². The molecule has 1 aromatic heterocycles. The molecule has 76 valence electrons. The monoisotopic (exact) mass is 193 g/mol. The minimum absolute atomic E-state index is 0.194. The van der Waals surface area contributed by atoms with Crippen molar-refractivity contribution in [3.8, 4) is 0 Å². The number of imidazole rings is 1. The summed E-state index contributed by atoms with van der Waals surface area (Å²) in [6, 6.07) is 0. The summed E-state index contributed by atoms with van der Waals surface area (Å²) in [4.78, 5) is 16.2. The Morgan fingerprint density at radius 3 is 2.64 bits per heavy atom. The second-order valence-electron chi connectivity index (χ2n) is 4.24. The molecule has 1 aliphatic heterocycles. The molecule has 1 fully saturated rings. The third kappa shape index (κ3) is 1.18. The van der Waals surface area contributed by atoms with E-state index in [9.17, 15) is 4.79 Å². The first-order valence-corrected chi connectivity index (χ1v) is 4.78. The highest BCUT2D eigenvalue weighted by Crippen LogP contribution is 2.26. The summed E-state index contributed by atoms with van der Waals surface area (Å²) in [5.74, 6) is 1.07. The molecule has 0 amide bonds. The van der Waals surface area contributed by atoms with E-state index in [-0.39, 0.29) is 11.2 Å². The Kier molecular flexibility index (Phi) is 1.96. The van der Waals surface area contributed by atoms with Crippen molar-refractivity contribution in [2.75, 3.05) is 13.1 Å². The van der Waals surface area contributed by atoms with E-state index in [2.05, 4.69) is 10.3 Å². The number of hydrogen-bond donors (Lipinski definition) is 1. The largest absolute Gasteiger partial charge is 0.329 e. The van der Waals surface area contributed by atoms with E-state index >= 15 is 0 Å². The smallest absolute Gasteiger partial charge is 0.189 e. The van der Waals surface area contributed by atoms with Gasteiger partial charge >= 0.3 is 0 Å². The number of aryl methyl sites for hydroxylation is 1. The van der Waals surface area contributed by atoms with Gasteiger partial charge in [-0.25, -0.2) is 4.98 Å². The number of nitrogens with one attached hydrogen (secondary N) is 1. The highest BCUT2D eigenvalue weighted by Gasteiger charge is 2.40. The minimum Gasteiger partial charge on any atom is -0.329 e. The number of rotatable bonds is 2. The Morgan fingerprint density at radius 1 is 1.64 bits per heavy atom. The van der Waals surface area contributed by atoms with Gasteiger partial charge in [0.25, 0.3) is 0 Å². The van der Waals surface area contributed by atoms with Crippen molar-refractivity contribution < 1.29 is 4.79 Å². The van der Waals surface area contributed by atoms with E-state index in [0.717, 1.165) is 18.9 Å². The van der Waals surface area contributed by atoms with Crippen LogP contribution in [-0.4, -0.2) is 28.4 Å². The van der Waals surface area contributed by atoms with Gasteiger partial charge in [0.2, 0.25) is 0 Å². The van der Waals surface area contributed by atoms with Gasteiger partial charge in [0, 0.05) is 20.1 Å². The molecule has 0 aliphatic carbocycles. The predicted octanol–water partition coefficient (Wildman–Crippen LogP) is 0.521. The zero-order valence-electron chi connectivity index (χ0n) is 8.79. The van der Waals surface area contributed by atoms with Gasteiger partial charge in [-0.3, -0.25) is 4.79 Å². The highest BCUT2D eigenvalue weighted by atomic mass is 16.1. The first kappa shape index (κ1) is 9.40. The van der Waals surface area contributed by atoms with E-state index in [1.807, 2.05) is 25.5 Å². The summed E-state index contributed by atoms with van der Waals surface area (Å²) in [7, 11) is 1.88. The lowest BCUT2D eigenvalue weighted by Crippen LogP contribution is -2.56. The van der Waals surface area contributed by atoms with Crippen LogP contribution in [0.2, 0.25) is 0 Å². The number of nitrogens with zero attached hydrogens (tertiary/aromatic N) is 2. The van der Waals surface area contributed by atoms with Crippen molar-refractivity contribution in [3.05, 3.63) is 17.7 Å². The summed E-state index contributed by atoms with van der Waals surface area (Å²) in [5.41, 5.74) is 0.492. The zero-order valence-corrected chi connectivity index (χ0v) is 8.79. The fourth-order valence-electron chi connectivity index (χ4n) is 1.68. The van der Waals surface area contributed by atoms with Crippen LogP contribution in [0.25, 0.3) is 0 Å². The molecule has 1 saturated heterocycles. The van der Waals surface area contributed by atoms with E-state index in [4.69, 9.17) is 0 Å². The Hall–Kier alpha value is -1.16. The summed E-state index contributed by atoms with van der Waals surface area (Å²) in [6.45, 7) is 5.44. The standard InChI is InChI=1S/C10H15N3O/c1-7-12-4-8(13(7)3)9(14)10(2)5-11-6-10/h4,11H,5-6H2,1-3H3. The molecule has 1 aliphatic rings. The number of hydrogen-bond acceptors (Lipinski definition) is 3. The molecule has 0 unspecified atom stereocenters. The molecule has 1 aromatic rings. The Bertz CT molecular complexity index is 377. The summed E-state index contributed by atoms with van der Waals surface area (Å²) in [5, 5.41) is 3.13. The normalized spacial score (nSPS) is 19.1. The lowest BCUT2D eigenvalue weighted by Gasteiger charge is -2.37. The zero-order chi connectivity index (χ0) is 10.3. The van der Waals surface area contributed by atoms with Crippen LogP contribution in [0.4, 0.5) is 0 Å². The van der Waals surface area contributed by atoms with Crippen LogP contribution in [0, 0.1) is 12.3 Å². The average Bonchev–Trinajstić information content (AvgIpc) is 2.43. The molecule has 2 heterocycles. The molecule has 0 saturated carbocycles. The SMILES string of the molecule is Cc1ncc(C(=O)C2(C)CNC2)n1C. The van der Waals surface area contributed by atoms with E-state index < -0.39 is 0 Å².